The third-order valence-electron chi connectivity index (χ3n) is 2.05. The molecule has 0 spiro atoms. The molecule has 0 aliphatic rings. The molecule has 0 fully saturated rings. The van der Waals surface area contributed by atoms with E-state index in [1.165, 1.54) is 25.8 Å². The van der Waals surface area contributed by atoms with Gasteiger partial charge in [-0.3, -0.25) is 4.79 Å². The van der Waals surface area contributed by atoms with E-state index in [4.69, 9.17) is 0 Å². The van der Waals surface area contributed by atoms with Crippen LogP contribution in [0.25, 0.3) is 0 Å². The molecule has 0 aliphatic carbocycles. The van der Waals surface area contributed by atoms with Crippen LogP contribution in [0.15, 0.2) is 0 Å². The maximum Gasteiger partial charge on any atom is 0.315 e. The maximum atomic E-state index is 12.8. The van der Waals surface area contributed by atoms with Gasteiger partial charge in [-0.2, -0.15) is 11.8 Å². The Labute approximate surface area is 93.8 Å². The summed E-state index contributed by atoms with van der Waals surface area (Å²) in [4.78, 5) is 10.7. The monoisotopic (exact) mass is 240 g/mol. The van der Waals surface area contributed by atoms with Gasteiger partial charge in [0.15, 0.2) is 0 Å². The molecule has 0 aromatic carbocycles. The summed E-state index contributed by atoms with van der Waals surface area (Å²) in [6.07, 6.45) is 1.08. The molecule has 0 amide bonds. The lowest BCUT2D eigenvalue weighted by Gasteiger charge is -2.12. The maximum absolute atomic E-state index is 12.8. The summed E-state index contributed by atoms with van der Waals surface area (Å²) in [5.74, 6) is -1.75. The fourth-order valence-corrected chi connectivity index (χ4v) is 1.82. The molecule has 0 aliphatic heterocycles. The Hall–Kier alpha value is -0.320. The Morgan fingerprint density at radius 1 is 1.40 bits per heavy atom. The predicted molar refractivity (Wildman–Crippen MR) is 58.4 cm³/mol. The van der Waals surface area contributed by atoms with Crippen molar-refractivity contribution in [3.8, 4) is 0 Å². The molecule has 0 saturated heterocycles. The first-order valence-electron chi connectivity index (χ1n) is 5.04. The minimum absolute atomic E-state index is 0.0533. The highest BCUT2D eigenvalue weighted by Crippen LogP contribution is 2.24. The Morgan fingerprint density at radius 3 is 2.60 bits per heavy atom. The Balaban J connectivity index is 3.29. The molecule has 2 nitrogen and oxygen atoms in total. The molecule has 15 heavy (non-hydrogen) atoms. The highest BCUT2D eigenvalue weighted by Gasteiger charge is 2.24. The van der Waals surface area contributed by atoms with Crippen molar-refractivity contribution in [2.75, 3.05) is 18.6 Å². The summed E-state index contributed by atoms with van der Waals surface area (Å²) in [6, 6.07) is 0. The number of esters is 1. The van der Waals surface area contributed by atoms with Crippen LogP contribution >= 0.6 is 11.8 Å². The van der Waals surface area contributed by atoms with Crippen LogP contribution in [0.2, 0.25) is 0 Å². The summed E-state index contributed by atoms with van der Waals surface area (Å²) in [5, 5.41) is 0. The molecule has 0 rings (SSSR count). The van der Waals surface area contributed by atoms with Crippen LogP contribution in [-0.4, -0.2) is 30.5 Å². The van der Waals surface area contributed by atoms with Gasteiger partial charge in [0.1, 0.15) is 0 Å². The Bertz CT molecular complexity index is 186. The van der Waals surface area contributed by atoms with E-state index >= 15 is 0 Å². The van der Waals surface area contributed by atoms with Crippen molar-refractivity contribution in [1.29, 1.82) is 0 Å². The van der Waals surface area contributed by atoms with E-state index in [2.05, 4.69) is 4.74 Å². The van der Waals surface area contributed by atoms with E-state index in [-0.39, 0.29) is 18.8 Å². The van der Waals surface area contributed by atoms with Crippen LogP contribution in [-0.2, 0) is 9.53 Å². The number of ether oxygens (including phenoxy) is 1. The van der Waals surface area contributed by atoms with Gasteiger partial charge in [-0.25, -0.2) is 8.78 Å². The zero-order chi connectivity index (χ0) is 11.7. The molecule has 0 heterocycles. The van der Waals surface area contributed by atoms with Crippen LogP contribution in [0, 0.1) is 0 Å². The second kappa shape index (κ2) is 7.91. The van der Waals surface area contributed by atoms with Crippen molar-refractivity contribution < 1.29 is 18.3 Å². The van der Waals surface area contributed by atoms with Gasteiger partial charge in [-0.05, 0) is 18.6 Å². The van der Waals surface area contributed by atoms with Crippen LogP contribution in [0.1, 0.15) is 32.6 Å². The topological polar surface area (TPSA) is 26.3 Å². The quantitative estimate of drug-likeness (QED) is 0.481. The number of alkyl halides is 2. The smallest absolute Gasteiger partial charge is 0.315 e. The van der Waals surface area contributed by atoms with E-state index < -0.39 is 5.92 Å². The molecule has 5 heteroatoms. The Kier molecular flexibility index (Phi) is 7.74. The number of hydrogen-bond acceptors (Lipinski definition) is 3. The molecule has 0 N–H and O–H groups in total. The van der Waals surface area contributed by atoms with Crippen molar-refractivity contribution >= 4 is 17.7 Å². The van der Waals surface area contributed by atoms with E-state index in [0.29, 0.717) is 12.2 Å². The molecule has 0 unspecified atom stereocenters. The molecule has 0 atom stereocenters. The molecule has 0 aromatic heterocycles. The molecule has 0 saturated carbocycles. The van der Waals surface area contributed by atoms with E-state index in [9.17, 15) is 13.6 Å². The van der Waals surface area contributed by atoms with Crippen molar-refractivity contribution in [3.63, 3.8) is 0 Å². The summed E-state index contributed by atoms with van der Waals surface area (Å²) < 4.78 is 30.0. The predicted octanol–water partition coefficient (Wildman–Crippen LogP) is 3.11. The van der Waals surface area contributed by atoms with Gasteiger partial charge in [-0.1, -0.05) is 6.92 Å². The van der Waals surface area contributed by atoms with Gasteiger partial charge in [0.25, 0.3) is 0 Å². The fraction of sp³-hybridized carbons (Fsp3) is 0.900. The van der Waals surface area contributed by atoms with Gasteiger partial charge in [0.2, 0.25) is 5.92 Å². The zero-order valence-electron chi connectivity index (χ0n) is 9.22. The SMILES string of the molecule is CCC(F)(F)CCCCSCC(=O)OC. The first-order valence-corrected chi connectivity index (χ1v) is 6.19. The van der Waals surface area contributed by atoms with Gasteiger partial charge in [0.05, 0.1) is 12.9 Å². The van der Waals surface area contributed by atoms with E-state index in [0.717, 1.165) is 12.2 Å². The van der Waals surface area contributed by atoms with Gasteiger partial charge in [0, 0.05) is 12.8 Å². The summed E-state index contributed by atoms with van der Waals surface area (Å²) in [5.41, 5.74) is 0. The highest BCUT2D eigenvalue weighted by atomic mass is 32.2. The second-order valence-corrected chi connectivity index (χ2v) is 4.40. The third-order valence-corrected chi connectivity index (χ3v) is 3.06. The molecular formula is C10H18F2O2S. The van der Waals surface area contributed by atoms with Crippen molar-refractivity contribution in [3.05, 3.63) is 0 Å². The molecule has 90 valence electrons. The normalized spacial score (nSPS) is 11.5. The third kappa shape index (κ3) is 8.66. The lowest BCUT2D eigenvalue weighted by Crippen LogP contribution is -2.13. The number of rotatable bonds is 8. The second-order valence-electron chi connectivity index (χ2n) is 3.30. The number of unbranched alkanes of at least 4 members (excludes halogenated alkanes) is 1. The molecule has 0 radical (unpaired) electrons. The summed E-state index contributed by atoms with van der Waals surface area (Å²) in [6.45, 7) is 1.49. The van der Waals surface area contributed by atoms with Crippen LogP contribution < -0.4 is 0 Å². The largest absolute Gasteiger partial charge is 0.468 e. The average Bonchev–Trinajstić information content (AvgIpc) is 2.22. The summed E-state index contributed by atoms with van der Waals surface area (Å²) >= 11 is 1.42. The number of carbonyl (C=O) groups is 1. The van der Waals surface area contributed by atoms with E-state index in [1.54, 1.807) is 0 Å². The van der Waals surface area contributed by atoms with Crippen molar-refractivity contribution in [1.82, 2.24) is 0 Å². The first-order chi connectivity index (χ1) is 7.02. The lowest BCUT2D eigenvalue weighted by molar-refractivity contribution is -0.137. The van der Waals surface area contributed by atoms with Gasteiger partial charge in [-0.15, -0.1) is 0 Å². The van der Waals surface area contributed by atoms with Crippen LogP contribution in [0.3, 0.4) is 0 Å². The van der Waals surface area contributed by atoms with Crippen molar-refractivity contribution in [2.45, 2.75) is 38.5 Å². The highest BCUT2D eigenvalue weighted by molar-refractivity contribution is 7.99. The molecule has 0 aromatic rings. The number of thioether (sulfide) groups is 1. The van der Waals surface area contributed by atoms with E-state index in [1.807, 2.05) is 0 Å². The standard InChI is InChI=1S/C10H18F2O2S/c1-3-10(11,12)6-4-5-7-15-8-9(13)14-2/h3-8H2,1-2H3. The molecule has 0 bridgehead atoms. The zero-order valence-corrected chi connectivity index (χ0v) is 10.0. The summed E-state index contributed by atoms with van der Waals surface area (Å²) in [7, 11) is 1.34. The van der Waals surface area contributed by atoms with Gasteiger partial charge >= 0.3 is 5.97 Å². The molecular weight excluding hydrogens is 222 g/mol. The average molecular weight is 240 g/mol. The number of halogens is 2. The Morgan fingerprint density at radius 2 is 2.07 bits per heavy atom. The lowest BCUT2D eigenvalue weighted by atomic mass is 10.1. The number of methoxy groups -OCH3 is 1. The van der Waals surface area contributed by atoms with Crippen molar-refractivity contribution in [2.24, 2.45) is 0 Å². The first kappa shape index (κ1) is 14.7. The van der Waals surface area contributed by atoms with Gasteiger partial charge < -0.3 is 4.74 Å². The number of hydrogen-bond donors (Lipinski definition) is 0. The van der Waals surface area contributed by atoms with Crippen LogP contribution in [0.4, 0.5) is 8.78 Å². The number of carbonyl (C=O) groups excluding carboxylic acids is 1. The minimum atomic E-state index is -2.52. The minimum Gasteiger partial charge on any atom is -0.468 e. The van der Waals surface area contributed by atoms with Crippen LogP contribution in [0.5, 0.6) is 0 Å². The fourth-order valence-electron chi connectivity index (χ4n) is 0.979.